The Hall–Kier alpha value is -1.55. The fourth-order valence-corrected chi connectivity index (χ4v) is 2.64. The van der Waals surface area contributed by atoms with E-state index in [2.05, 4.69) is 0 Å². The van der Waals surface area contributed by atoms with Crippen LogP contribution in [-0.2, 0) is 4.79 Å². The summed E-state index contributed by atoms with van der Waals surface area (Å²) < 4.78 is 5.28. The van der Waals surface area contributed by atoms with Crippen LogP contribution in [0.3, 0.4) is 0 Å². The lowest BCUT2D eigenvalue weighted by Crippen LogP contribution is -2.36. The maximum absolute atomic E-state index is 12.3. The van der Waals surface area contributed by atoms with E-state index in [0.717, 1.165) is 48.4 Å². The molecule has 104 valence electrons. The van der Waals surface area contributed by atoms with E-state index in [1.165, 1.54) is 0 Å². The highest BCUT2D eigenvalue weighted by Gasteiger charge is 2.26. The van der Waals surface area contributed by atoms with Crippen LogP contribution in [-0.4, -0.2) is 31.0 Å². The number of carbonyl (C=O) groups excluding carboxylic acids is 1. The maximum atomic E-state index is 12.3. The Morgan fingerprint density at radius 3 is 2.47 bits per heavy atom. The molecule has 1 atom stereocenters. The van der Waals surface area contributed by atoms with Gasteiger partial charge < -0.3 is 15.4 Å². The second-order valence-electron chi connectivity index (χ2n) is 5.12. The van der Waals surface area contributed by atoms with E-state index in [-0.39, 0.29) is 5.91 Å². The van der Waals surface area contributed by atoms with Crippen LogP contribution in [0, 0.1) is 13.8 Å². The van der Waals surface area contributed by atoms with E-state index in [1.807, 2.05) is 30.9 Å². The van der Waals surface area contributed by atoms with E-state index in [0.29, 0.717) is 0 Å². The second kappa shape index (κ2) is 5.61. The molecule has 0 radical (unpaired) electrons. The molecule has 1 aliphatic heterocycles. The van der Waals surface area contributed by atoms with Gasteiger partial charge in [-0.2, -0.15) is 0 Å². The van der Waals surface area contributed by atoms with Gasteiger partial charge in [0.1, 0.15) is 11.8 Å². The summed E-state index contributed by atoms with van der Waals surface area (Å²) in [5.74, 6) is 0.868. The number of methoxy groups -OCH3 is 1. The molecule has 0 bridgehead atoms. The SMILES string of the molecule is COc1ccc(C(N)C(=O)N2CCCC2)c(C)c1C. The third kappa shape index (κ3) is 2.59. The van der Waals surface area contributed by atoms with Crippen LogP contribution in [0.15, 0.2) is 12.1 Å². The summed E-state index contributed by atoms with van der Waals surface area (Å²) in [7, 11) is 1.65. The number of carbonyl (C=O) groups is 1. The number of rotatable bonds is 3. The normalized spacial score (nSPS) is 16.5. The first-order valence-electron chi connectivity index (χ1n) is 6.74. The van der Waals surface area contributed by atoms with Crippen molar-refractivity contribution in [3.05, 3.63) is 28.8 Å². The summed E-state index contributed by atoms with van der Waals surface area (Å²) in [6, 6.07) is 3.22. The van der Waals surface area contributed by atoms with E-state index in [4.69, 9.17) is 10.5 Å². The quantitative estimate of drug-likeness (QED) is 0.905. The van der Waals surface area contributed by atoms with Gasteiger partial charge in [0.2, 0.25) is 5.91 Å². The standard InChI is InChI=1S/C15H22N2O2/c1-10-11(2)13(19-3)7-6-12(10)14(16)15(18)17-8-4-5-9-17/h6-7,14H,4-5,8-9,16H2,1-3H3. The Labute approximate surface area is 114 Å². The molecule has 0 spiro atoms. The smallest absolute Gasteiger partial charge is 0.244 e. The molecule has 4 nitrogen and oxygen atoms in total. The number of ether oxygens (including phenoxy) is 1. The number of benzene rings is 1. The summed E-state index contributed by atoms with van der Waals surface area (Å²) in [6.45, 7) is 5.65. The van der Waals surface area contributed by atoms with Crippen LogP contribution >= 0.6 is 0 Å². The van der Waals surface area contributed by atoms with Crippen LogP contribution in [0.25, 0.3) is 0 Å². The number of nitrogens with zero attached hydrogens (tertiary/aromatic N) is 1. The van der Waals surface area contributed by atoms with Gasteiger partial charge in [-0.25, -0.2) is 0 Å². The van der Waals surface area contributed by atoms with Gasteiger partial charge in [-0.3, -0.25) is 4.79 Å². The molecular weight excluding hydrogens is 240 g/mol. The first kappa shape index (κ1) is 13.9. The van der Waals surface area contributed by atoms with Crippen molar-refractivity contribution < 1.29 is 9.53 Å². The highest BCUT2D eigenvalue weighted by molar-refractivity contribution is 5.84. The minimum atomic E-state index is -0.567. The Morgan fingerprint density at radius 1 is 1.26 bits per heavy atom. The zero-order valence-electron chi connectivity index (χ0n) is 11.9. The zero-order chi connectivity index (χ0) is 14.0. The van der Waals surface area contributed by atoms with Gasteiger partial charge in [0, 0.05) is 13.1 Å². The molecule has 1 fully saturated rings. The molecule has 1 aromatic rings. The van der Waals surface area contributed by atoms with Crippen LogP contribution in [0.2, 0.25) is 0 Å². The lowest BCUT2D eigenvalue weighted by molar-refractivity contribution is -0.131. The molecule has 2 rings (SSSR count). The number of nitrogens with two attached hydrogens (primary N) is 1. The van der Waals surface area contributed by atoms with E-state index in [9.17, 15) is 4.79 Å². The Kier molecular flexibility index (Phi) is 4.10. The van der Waals surface area contributed by atoms with Crippen molar-refractivity contribution in [3.8, 4) is 5.75 Å². The Bertz CT molecular complexity index is 479. The van der Waals surface area contributed by atoms with Crippen molar-refractivity contribution in [1.82, 2.24) is 4.90 Å². The minimum absolute atomic E-state index is 0.0326. The first-order chi connectivity index (χ1) is 9.06. The van der Waals surface area contributed by atoms with Crippen molar-refractivity contribution in [3.63, 3.8) is 0 Å². The number of hydrogen-bond donors (Lipinski definition) is 1. The molecule has 0 saturated carbocycles. The monoisotopic (exact) mass is 262 g/mol. The van der Waals surface area contributed by atoms with Crippen molar-refractivity contribution >= 4 is 5.91 Å². The van der Waals surface area contributed by atoms with Gasteiger partial charge in [-0.05, 0) is 49.4 Å². The van der Waals surface area contributed by atoms with Gasteiger partial charge >= 0.3 is 0 Å². The summed E-state index contributed by atoms with van der Waals surface area (Å²) >= 11 is 0. The molecule has 0 aliphatic carbocycles. The van der Waals surface area contributed by atoms with Gasteiger partial charge in [0.05, 0.1) is 7.11 Å². The first-order valence-corrected chi connectivity index (χ1v) is 6.74. The molecule has 2 N–H and O–H groups in total. The summed E-state index contributed by atoms with van der Waals surface area (Å²) in [5.41, 5.74) is 9.13. The Balaban J connectivity index is 2.26. The highest BCUT2D eigenvalue weighted by Crippen LogP contribution is 2.28. The van der Waals surface area contributed by atoms with Gasteiger partial charge in [0.25, 0.3) is 0 Å². The maximum Gasteiger partial charge on any atom is 0.244 e. The van der Waals surface area contributed by atoms with Crippen molar-refractivity contribution in [2.45, 2.75) is 32.7 Å². The van der Waals surface area contributed by atoms with Crippen molar-refractivity contribution in [2.24, 2.45) is 5.73 Å². The fraction of sp³-hybridized carbons (Fsp3) is 0.533. The average molecular weight is 262 g/mol. The Morgan fingerprint density at radius 2 is 1.89 bits per heavy atom. The molecule has 1 unspecified atom stereocenters. The van der Waals surface area contributed by atoms with Gasteiger partial charge in [-0.1, -0.05) is 6.07 Å². The summed E-state index contributed by atoms with van der Waals surface area (Å²) in [6.07, 6.45) is 2.16. The van der Waals surface area contributed by atoms with Crippen molar-refractivity contribution in [2.75, 3.05) is 20.2 Å². The van der Waals surface area contributed by atoms with Gasteiger partial charge in [-0.15, -0.1) is 0 Å². The molecule has 1 saturated heterocycles. The molecule has 1 aromatic carbocycles. The topological polar surface area (TPSA) is 55.6 Å². The molecule has 1 aliphatic rings. The van der Waals surface area contributed by atoms with Crippen molar-refractivity contribution in [1.29, 1.82) is 0 Å². The molecule has 4 heteroatoms. The third-order valence-electron chi connectivity index (χ3n) is 4.02. The van der Waals surface area contributed by atoms with Crippen LogP contribution in [0.1, 0.15) is 35.6 Å². The van der Waals surface area contributed by atoms with E-state index < -0.39 is 6.04 Å². The predicted molar refractivity (Wildman–Crippen MR) is 75.2 cm³/mol. The zero-order valence-corrected chi connectivity index (χ0v) is 11.9. The molecular formula is C15H22N2O2. The number of hydrogen-bond acceptors (Lipinski definition) is 3. The highest BCUT2D eigenvalue weighted by atomic mass is 16.5. The van der Waals surface area contributed by atoms with Crippen LogP contribution < -0.4 is 10.5 Å². The number of likely N-dealkylation sites (tertiary alicyclic amines) is 1. The van der Waals surface area contributed by atoms with Crippen LogP contribution in [0.5, 0.6) is 5.75 Å². The average Bonchev–Trinajstić information content (AvgIpc) is 2.94. The predicted octanol–water partition coefficient (Wildman–Crippen LogP) is 1.93. The molecule has 1 heterocycles. The van der Waals surface area contributed by atoms with Gasteiger partial charge in [0.15, 0.2) is 0 Å². The lowest BCUT2D eigenvalue weighted by atomic mass is 9.96. The number of amides is 1. The van der Waals surface area contributed by atoms with E-state index >= 15 is 0 Å². The second-order valence-corrected chi connectivity index (χ2v) is 5.12. The molecule has 19 heavy (non-hydrogen) atoms. The van der Waals surface area contributed by atoms with Crippen LogP contribution in [0.4, 0.5) is 0 Å². The lowest BCUT2D eigenvalue weighted by Gasteiger charge is -2.22. The largest absolute Gasteiger partial charge is 0.496 e. The summed E-state index contributed by atoms with van der Waals surface area (Å²) in [5, 5.41) is 0. The molecule has 0 aromatic heterocycles. The minimum Gasteiger partial charge on any atom is -0.496 e. The summed E-state index contributed by atoms with van der Waals surface area (Å²) in [4.78, 5) is 14.2. The van der Waals surface area contributed by atoms with E-state index in [1.54, 1.807) is 7.11 Å². The third-order valence-corrected chi connectivity index (χ3v) is 4.02. The fourth-order valence-electron chi connectivity index (χ4n) is 2.64. The molecule has 1 amide bonds.